The van der Waals surface area contributed by atoms with E-state index >= 15 is 0 Å². The van der Waals surface area contributed by atoms with Gasteiger partial charge in [-0.2, -0.15) is 0 Å². The topological polar surface area (TPSA) is 12.5 Å². The molecule has 254 valence electrons. The van der Waals surface area contributed by atoms with Gasteiger partial charge in [-0.15, -0.1) is 0 Å². The molecule has 1 heterocycles. The Hall–Kier alpha value is -7.16. The van der Waals surface area contributed by atoms with Crippen LogP contribution in [0.5, 0.6) is 11.5 Å². The standard InChI is InChI=1S/C52H35NO/c1-4-12-36(13-5-1)39-20-25-44(26-21-39)53(45-27-22-40(23-28-45)37-14-6-2-7-15-37)46-29-31-51-50(35-46)47-30-24-43(38-16-8-3-9-17-38)32-48(47)49-33-41-18-10-11-19-42(41)34-52(49)54-51/h1-35H. The molecule has 0 amide bonds. The van der Waals surface area contributed by atoms with Crippen LogP contribution in [0.25, 0.3) is 66.4 Å². The molecule has 10 rings (SSSR count). The number of benzene rings is 9. The summed E-state index contributed by atoms with van der Waals surface area (Å²) in [6.07, 6.45) is 0. The fourth-order valence-corrected chi connectivity index (χ4v) is 7.72. The van der Waals surface area contributed by atoms with Gasteiger partial charge in [0, 0.05) is 28.2 Å². The van der Waals surface area contributed by atoms with Crippen LogP contribution in [0.3, 0.4) is 0 Å². The lowest BCUT2D eigenvalue weighted by molar-refractivity contribution is 0.488. The van der Waals surface area contributed by atoms with Crippen LogP contribution in [-0.4, -0.2) is 0 Å². The zero-order chi connectivity index (χ0) is 35.8. The van der Waals surface area contributed by atoms with E-state index in [0.29, 0.717) is 0 Å². The van der Waals surface area contributed by atoms with Crippen molar-refractivity contribution in [2.75, 3.05) is 4.90 Å². The van der Waals surface area contributed by atoms with E-state index in [1.807, 2.05) is 0 Å². The summed E-state index contributed by atoms with van der Waals surface area (Å²) in [5, 5.41) is 2.34. The largest absolute Gasteiger partial charge is 0.456 e. The minimum absolute atomic E-state index is 0.834. The molecule has 0 saturated heterocycles. The molecule has 0 spiro atoms. The second-order valence-electron chi connectivity index (χ2n) is 13.8. The highest BCUT2D eigenvalue weighted by molar-refractivity contribution is 5.99. The van der Waals surface area contributed by atoms with E-state index in [1.165, 1.54) is 38.8 Å². The third-order valence-corrected chi connectivity index (χ3v) is 10.5. The molecule has 9 aromatic carbocycles. The molecule has 54 heavy (non-hydrogen) atoms. The molecular formula is C52H35NO. The van der Waals surface area contributed by atoms with Gasteiger partial charge in [0.2, 0.25) is 0 Å². The third kappa shape index (κ3) is 5.81. The number of anilines is 3. The summed E-state index contributed by atoms with van der Waals surface area (Å²) in [6.45, 7) is 0. The van der Waals surface area contributed by atoms with Crippen molar-refractivity contribution in [3.8, 4) is 67.1 Å². The van der Waals surface area contributed by atoms with Crippen LogP contribution in [0, 0.1) is 0 Å². The van der Waals surface area contributed by atoms with Crippen molar-refractivity contribution >= 4 is 27.8 Å². The van der Waals surface area contributed by atoms with Crippen LogP contribution in [0.4, 0.5) is 17.1 Å². The highest BCUT2D eigenvalue weighted by Gasteiger charge is 2.24. The summed E-state index contributed by atoms with van der Waals surface area (Å²) in [6, 6.07) is 75.8. The second kappa shape index (κ2) is 13.4. The van der Waals surface area contributed by atoms with Crippen LogP contribution in [0.2, 0.25) is 0 Å². The van der Waals surface area contributed by atoms with Gasteiger partial charge in [-0.1, -0.05) is 152 Å². The molecule has 0 atom stereocenters. The maximum atomic E-state index is 6.90. The van der Waals surface area contributed by atoms with E-state index in [-0.39, 0.29) is 0 Å². The second-order valence-corrected chi connectivity index (χ2v) is 13.8. The van der Waals surface area contributed by atoms with E-state index in [9.17, 15) is 0 Å². The lowest BCUT2D eigenvalue weighted by Crippen LogP contribution is -2.10. The molecule has 0 unspecified atom stereocenters. The molecular weight excluding hydrogens is 655 g/mol. The first-order valence-corrected chi connectivity index (χ1v) is 18.4. The Morgan fingerprint density at radius 3 is 1.28 bits per heavy atom. The Balaban J connectivity index is 1.14. The van der Waals surface area contributed by atoms with E-state index in [0.717, 1.165) is 56.2 Å². The van der Waals surface area contributed by atoms with E-state index in [1.54, 1.807) is 0 Å². The summed E-state index contributed by atoms with van der Waals surface area (Å²) >= 11 is 0. The lowest BCUT2D eigenvalue weighted by Gasteiger charge is -2.27. The van der Waals surface area contributed by atoms with Crippen molar-refractivity contribution in [2.45, 2.75) is 0 Å². The van der Waals surface area contributed by atoms with Crippen molar-refractivity contribution in [1.29, 1.82) is 0 Å². The Morgan fingerprint density at radius 2 is 0.704 bits per heavy atom. The Bertz CT molecular complexity index is 2670. The van der Waals surface area contributed by atoms with E-state index < -0.39 is 0 Å². The Morgan fingerprint density at radius 1 is 0.259 bits per heavy atom. The molecule has 0 fully saturated rings. The smallest absolute Gasteiger partial charge is 0.135 e. The fourth-order valence-electron chi connectivity index (χ4n) is 7.72. The van der Waals surface area contributed by atoms with Crippen molar-refractivity contribution in [1.82, 2.24) is 0 Å². The van der Waals surface area contributed by atoms with Crippen LogP contribution >= 0.6 is 0 Å². The number of hydrogen-bond acceptors (Lipinski definition) is 2. The van der Waals surface area contributed by atoms with E-state index in [2.05, 4.69) is 217 Å². The maximum Gasteiger partial charge on any atom is 0.135 e. The van der Waals surface area contributed by atoms with E-state index in [4.69, 9.17) is 4.74 Å². The fraction of sp³-hybridized carbons (Fsp3) is 0. The SMILES string of the molecule is c1ccc(-c2ccc(N(c3ccc(-c4ccccc4)cc3)c3ccc4c(c3)-c3ccc(-c5ccccc5)cc3-c3cc5ccccc5cc3O4)cc2)cc1. The highest BCUT2D eigenvalue weighted by atomic mass is 16.5. The molecule has 0 aromatic heterocycles. The normalized spacial score (nSPS) is 11.5. The molecule has 1 aliphatic rings. The van der Waals surface area contributed by atoms with Gasteiger partial charge in [0.25, 0.3) is 0 Å². The first-order valence-electron chi connectivity index (χ1n) is 18.4. The Kier molecular flexibility index (Phi) is 7.85. The van der Waals surface area contributed by atoms with Gasteiger partial charge < -0.3 is 9.64 Å². The molecule has 9 aromatic rings. The predicted molar refractivity (Wildman–Crippen MR) is 226 cm³/mol. The third-order valence-electron chi connectivity index (χ3n) is 10.5. The first-order chi connectivity index (χ1) is 26.7. The quantitative estimate of drug-likeness (QED) is 0.172. The number of fused-ring (bicyclic) bond motifs is 6. The average molecular weight is 690 g/mol. The molecule has 2 heteroatoms. The van der Waals surface area contributed by atoms with Gasteiger partial charge in [-0.3, -0.25) is 0 Å². The van der Waals surface area contributed by atoms with Gasteiger partial charge in [-0.25, -0.2) is 0 Å². The molecule has 0 aliphatic carbocycles. The summed E-state index contributed by atoms with van der Waals surface area (Å²) in [4.78, 5) is 2.34. The number of rotatable bonds is 6. The van der Waals surface area contributed by atoms with Crippen molar-refractivity contribution in [3.63, 3.8) is 0 Å². The minimum Gasteiger partial charge on any atom is -0.456 e. The minimum atomic E-state index is 0.834. The summed E-state index contributed by atoms with van der Waals surface area (Å²) in [5.74, 6) is 1.69. The highest BCUT2D eigenvalue weighted by Crippen LogP contribution is 2.51. The van der Waals surface area contributed by atoms with Gasteiger partial charge in [0.05, 0.1) is 0 Å². The number of ether oxygens (including phenoxy) is 1. The summed E-state index contributed by atoms with van der Waals surface area (Å²) < 4.78 is 6.90. The number of hydrogen-bond donors (Lipinski definition) is 0. The molecule has 0 saturated carbocycles. The monoisotopic (exact) mass is 689 g/mol. The van der Waals surface area contributed by atoms with Crippen LogP contribution < -0.4 is 9.64 Å². The average Bonchev–Trinajstić information content (AvgIpc) is 3.38. The molecule has 0 radical (unpaired) electrons. The Labute approximate surface area is 315 Å². The van der Waals surface area contributed by atoms with Gasteiger partial charge in [-0.05, 0) is 116 Å². The predicted octanol–water partition coefficient (Wildman–Crippen LogP) is 14.8. The van der Waals surface area contributed by atoms with Crippen LogP contribution in [-0.2, 0) is 0 Å². The maximum absolute atomic E-state index is 6.90. The molecule has 1 aliphatic heterocycles. The van der Waals surface area contributed by atoms with Gasteiger partial charge in [0.1, 0.15) is 11.5 Å². The van der Waals surface area contributed by atoms with Crippen LogP contribution in [0.1, 0.15) is 0 Å². The van der Waals surface area contributed by atoms with Crippen molar-refractivity contribution in [3.05, 3.63) is 212 Å². The zero-order valence-corrected chi connectivity index (χ0v) is 29.6. The zero-order valence-electron chi connectivity index (χ0n) is 29.6. The molecule has 0 bridgehead atoms. The first kappa shape index (κ1) is 31.6. The summed E-state index contributed by atoms with van der Waals surface area (Å²) in [7, 11) is 0. The lowest BCUT2D eigenvalue weighted by atomic mass is 9.90. The number of nitrogens with zero attached hydrogens (tertiary/aromatic N) is 1. The molecule has 0 N–H and O–H groups in total. The van der Waals surface area contributed by atoms with Gasteiger partial charge >= 0.3 is 0 Å². The summed E-state index contributed by atoms with van der Waals surface area (Å²) in [5.41, 5.74) is 14.7. The van der Waals surface area contributed by atoms with Crippen LogP contribution in [0.15, 0.2) is 212 Å². The van der Waals surface area contributed by atoms with Crippen molar-refractivity contribution < 1.29 is 4.74 Å². The van der Waals surface area contributed by atoms with Gasteiger partial charge in [0.15, 0.2) is 0 Å². The molecule has 2 nitrogen and oxygen atoms in total. The van der Waals surface area contributed by atoms with Crippen molar-refractivity contribution in [2.24, 2.45) is 0 Å².